The molecular formula is C12H18BrNOS. The zero-order chi connectivity index (χ0) is 12.5. The predicted octanol–water partition coefficient (Wildman–Crippen LogP) is 3.31. The first kappa shape index (κ1) is 13.9. The highest BCUT2D eigenvalue weighted by molar-refractivity contribution is 9.10. The number of benzene rings is 1. The van der Waals surface area contributed by atoms with E-state index >= 15 is 0 Å². The Morgan fingerprint density at radius 2 is 1.81 bits per heavy atom. The van der Waals surface area contributed by atoms with Gasteiger partial charge in [-0.25, -0.2) is 0 Å². The maximum atomic E-state index is 5.69. The highest BCUT2D eigenvalue weighted by atomic mass is 79.9. The molecule has 0 amide bonds. The van der Waals surface area contributed by atoms with Gasteiger partial charge >= 0.3 is 0 Å². The smallest absolute Gasteiger partial charge is 0.126 e. The Morgan fingerprint density at radius 1 is 1.25 bits per heavy atom. The van der Waals surface area contributed by atoms with E-state index < -0.39 is 0 Å². The lowest BCUT2D eigenvalue weighted by Gasteiger charge is -2.21. The largest absolute Gasteiger partial charge is 0.496 e. The molecule has 4 heteroatoms. The molecule has 0 aliphatic carbocycles. The zero-order valence-corrected chi connectivity index (χ0v) is 12.6. The van der Waals surface area contributed by atoms with Crippen LogP contribution in [0.25, 0.3) is 0 Å². The molecule has 0 fully saturated rings. The van der Waals surface area contributed by atoms with Crippen molar-refractivity contribution in [3.05, 3.63) is 26.7 Å². The third kappa shape index (κ3) is 2.24. The third-order valence-corrected chi connectivity index (χ3v) is 4.63. The molecule has 2 nitrogen and oxygen atoms in total. The SMILES string of the molecule is COc1c(C)c(C)c(Br)c(C)c1C(S)CN. The first-order valence-corrected chi connectivity index (χ1v) is 6.47. The van der Waals surface area contributed by atoms with Gasteiger partial charge in [0.25, 0.3) is 0 Å². The molecule has 0 aliphatic heterocycles. The minimum Gasteiger partial charge on any atom is -0.496 e. The summed E-state index contributed by atoms with van der Waals surface area (Å²) in [5, 5.41) is 0.00514. The van der Waals surface area contributed by atoms with Gasteiger partial charge in [-0.2, -0.15) is 12.6 Å². The Kier molecular flexibility index (Phi) is 4.71. The van der Waals surface area contributed by atoms with Gasteiger partial charge in [-0.05, 0) is 37.5 Å². The molecule has 90 valence electrons. The van der Waals surface area contributed by atoms with Crippen molar-refractivity contribution in [1.82, 2.24) is 0 Å². The molecule has 1 aromatic carbocycles. The summed E-state index contributed by atoms with van der Waals surface area (Å²) in [5.74, 6) is 0.906. The monoisotopic (exact) mass is 303 g/mol. The molecule has 0 spiro atoms. The van der Waals surface area contributed by atoms with Gasteiger partial charge in [-0.15, -0.1) is 0 Å². The van der Waals surface area contributed by atoms with Crippen LogP contribution in [0.15, 0.2) is 4.47 Å². The molecule has 2 N–H and O–H groups in total. The van der Waals surface area contributed by atoms with Crippen LogP contribution >= 0.6 is 28.6 Å². The highest BCUT2D eigenvalue weighted by Gasteiger charge is 2.20. The number of hydrogen-bond donors (Lipinski definition) is 2. The topological polar surface area (TPSA) is 35.2 Å². The van der Waals surface area contributed by atoms with Gasteiger partial charge in [-0.1, -0.05) is 15.9 Å². The maximum Gasteiger partial charge on any atom is 0.126 e. The molecule has 1 unspecified atom stereocenters. The van der Waals surface area contributed by atoms with Gasteiger partial charge in [0.05, 0.1) is 7.11 Å². The predicted molar refractivity (Wildman–Crippen MR) is 75.7 cm³/mol. The van der Waals surface area contributed by atoms with Crippen LogP contribution in [0.3, 0.4) is 0 Å². The number of ether oxygens (including phenoxy) is 1. The average molecular weight is 304 g/mol. The molecule has 0 aliphatic rings. The molecular weight excluding hydrogens is 286 g/mol. The molecule has 16 heavy (non-hydrogen) atoms. The second kappa shape index (κ2) is 5.43. The van der Waals surface area contributed by atoms with E-state index in [4.69, 9.17) is 10.5 Å². The van der Waals surface area contributed by atoms with Crippen molar-refractivity contribution in [3.8, 4) is 5.75 Å². The molecule has 0 aromatic heterocycles. The van der Waals surface area contributed by atoms with Gasteiger partial charge in [0.15, 0.2) is 0 Å². The minimum absolute atomic E-state index is 0.00514. The van der Waals surface area contributed by atoms with Crippen LogP contribution in [0, 0.1) is 20.8 Å². The molecule has 1 atom stereocenters. The van der Waals surface area contributed by atoms with E-state index in [1.807, 2.05) is 0 Å². The summed E-state index contributed by atoms with van der Waals surface area (Å²) in [7, 11) is 1.69. The Morgan fingerprint density at radius 3 is 2.25 bits per heavy atom. The number of rotatable bonds is 3. The van der Waals surface area contributed by atoms with Gasteiger partial charge in [0.2, 0.25) is 0 Å². The number of hydrogen-bond acceptors (Lipinski definition) is 3. The summed E-state index contributed by atoms with van der Waals surface area (Å²) in [5.41, 5.74) is 10.3. The van der Waals surface area contributed by atoms with E-state index in [-0.39, 0.29) is 5.25 Å². The molecule has 0 radical (unpaired) electrons. The van der Waals surface area contributed by atoms with Crippen LogP contribution < -0.4 is 10.5 Å². The fraction of sp³-hybridized carbons (Fsp3) is 0.500. The lowest BCUT2D eigenvalue weighted by Crippen LogP contribution is -2.11. The van der Waals surface area contributed by atoms with Crippen LogP contribution in [0.1, 0.15) is 27.5 Å². The van der Waals surface area contributed by atoms with E-state index in [0.29, 0.717) is 6.54 Å². The van der Waals surface area contributed by atoms with E-state index in [1.165, 1.54) is 5.56 Å². The van der Waals surface area contributed by atoms with Gasteiger partial charge < -0.3 is 10.5 Å². The lowest BCUT2D eigenvalue weighted by molar-refractivity contribution is 0.405. The van der Waals surface area contributed by atoms with Crippen molar-refractivity contribution in [3.63, 3.8) is 0 Å². The van der Waals surface area contributed by atoms with Crippen molar-refractivity contribution in [2.75, 3.05) is 13.7 Å². The first-order chi connectivity index (χ1) is 7.45. The number of halogens is 1. The Balaban J connectivity index is 3.57. The molecule has 0 heterocycles. The third-order valence-electron chi connectivity index (χ3n) is 2.97. The Hall–Kier alpha value is -0.190. The van der Waals surface area contributed by atoms with Crippen molar-refractivity contribution in [1.29, 1.82) is 0 Å². The van der Waals surface area contributed by atoms with E-state index in [9.17, 15) is 0 Å². The first-order valence-electron chi connectivity index (χ1n) is 5.16. The summed E-state index contributed by atoms with van der Waals surface area (Å²) < 4.78 is 6.61. The van der Waals surface area contributed by atoms with Crippen molar-refractivity contribution in [2.45, 2.75) is 26.0 Å². The van der Waals surface area contributed by atoms with Gasteiger partial charge in [-0.3, -0.25) is 0 Å². The summed E-state index contributed by atoms with van der Waals surface area (Å²) >= 11 is 8.13. The van der Waals surface area contributed by atoms with Crippen LogP contribution in [0.2, 0.25) is 0 Å². The normalized spacial score (nSPS) is 12.7. The quantitative estimate of drug-likeness (QED) is 0.840. The average Bonchev–Trinajstić information content (AvgIpc) is 2.29. The van der Waals surface area contributed by atoms with E-state index in [0.717, 1.165) is 26.9 Å². The van der Waals surface area contributed by atoms with E-state index in [1.54, 1.807) is 7.11 Å². The summed E-state index contributed by atoms with van der Waals surface area (Å²) in [6.07, 6.45) is 0. The molecule has 0 bridgehead atoms. The lowest BCUT2D eigenvalue weighted by atomic mass is 9.96. The summed E-state index contributed by atoms with van der Waals surface area (Å²) in [4.78, 5) is 0. The second-order valence-corrected chi connectivity index (χ2v) is 5.30. The van der Waals surface area contributed by atoms with Gasteiger partial charge in [0, 0.05) is 21.8 Å². The second-order valence-electron chi connectivity index (χ2n) is 3.89. The van der Waals surface area contributed by atoms with Crippen molar-refractivity contribution in [2.24, 2.45) is 5.73 Å². The van der Waals surface area contributed by atoms with E-state index in [2.05, 4.69) is 49.3 Å². The summed E-state index contributed by atoms with van der Waals surface area (Å²) in [6.45, 7) is 6.69. The fourth-order valence-corrected chi connectivity index (χ4v) is 2.71. The standard InChI is InChI=1S/C12H18BrNOS/c1-6-7(2)12(15-4)10(9(16)5-14)8(3)11(6)13/h9,16H,5,14H2,1-4H3. The number of thiol groups is 1. The number of methoxy groups -OCH3 is 1. The summed E-state index contributed by atoms with van der Waals surface area (Å²) in [6, 6.07) is 0. The fourth-order valence-electron chi connectivity index (χ4n) is 1.89. The van der Waals surface area contributed by atoms with Crippen LogP contribution in [-0.4, -0.2) is 13.7 Å². The molecule has 0 saturated carbocycles. The van der Waals surface area contributed by atoms with Crippen LogP contribution in [-0.2, 0) is 0 Å². The van der Waals surface area contributed by atoms with Crippen LogP contribution in [0.5, 0.6) is 5.75 Å². The molecule has 1 rings (SSSR count). The number of nitrogens with two attached hydrogens (primary N) is 1. The maximum absolute atomic E-state index is 5.69. The zero-order valence-electron chi connectivity index (χ0n) is 10.1. The van der Waals surface area contributed by atoms with Crippen molar-refractivity contribution >= 4 is 28.6 Å². The molecule has 0 saturated heterocycles. The van der Waals surface area contributed by atoms with Gasteiger partial charge in [0.1, 0.15) is 5.75 Å². The van der Waals surface area contributed by atoms with Crippen molar-refractivity contribution < 1.29 is 4.74 Å². The molecule has 1 aromatic rings. The Bertz CT molecular complexity index is 407. The Labute approximate surface area is 111 Å². The highest BCUT2D eigenvalue weighted by Crippen LogP contribution is 2.40. The minimum atomic E-state index is 0.00514. The van der Waals surface area contributed by atoms with Crippen LogP contribution in [0.4, 0.5) is 0 Å².